The SMILES string of the molecule is CC.CC(C)(O)C#Cc1ccc(-c2cccc3c(N)noc23)c(C(Cc2cc(F)cc(F)c2)NC(=O)n2nc(C(F)(F)F)c3c2C(F)(F)CC3)n1. The molecule has 0 radical (unpaired) electrons. The lowest BCUT2D eigenvalue weighted by molar-refractivity contribution is -0.142. The summed E-state index contributed by atoms with van der Waals surface area (Å²) < 4.78 is 106. The number of nitrogens with zero attached hydrogens (tertiary/aromatic N) is 4. The summed E-state index contributed by atoms with van der Waals surface area (Å²) in [6, 6.07) is 7.37. The summed E-state index contributed by atoms with van der Waals surface area (Å²) in [4.78, 5) is 18.3. The van der Waals surface area contributed by atoms with E-state index < -0.39 is 77.6 Å². The first kappa shape index (κ1) is 36.8. The quantitative estimate of drug-likeness (QED) is 0.126. The molecular weight excluding hydrogens is 685 g/mol. The molecule has 0 saturated heterocycles. The van der Waals surface area contributed by atoms with Gasteiger partial charge in [-0.2, -0.15) is 31.7 Å². The van der Waals surface area contributed by atoms with E-state index in [9.17, 15) is 40.6 Å². The minimum atomic E-state index is -5.14. The molecule has 16 heteroatoms. The molecule has 1 atom stereocenters. The molecule has 9 nitrogen and oxygen atoms in total. The number of aromatic nitrogens is 4. The molecule has 6 rings (SSSR count). The maximum absolute atomic E-state index is 15.0. The van der Waals surface area contributed by atoms with Gasteiger partial charge in [0.25, 0.3) is 5.92 Å². The molecule has 3 aromatic heterocycles. The Morgan fingerprint density at radius 1 is 1.10 bits per heavy atom. The number of hydrogen-bond donors (Lipinski definition) is 3. The highest BCUT2D eigenvalue weighted by atomic mass is 19.4. The topological polar surface area (TPSA) is 132 Å². The highest BCUT2D eigenvalue weighted by Crippen LogP contribution is 2.46. The standard InChI is InChI=1S/C33H25F7N6O3.C2H6/c1-31(2,48)10-8-19-6-7-20(21-4-3-5-22-26(21)49-45-29(22)41)25(42-19)24(14-16-12-17(34)15-18(35)13-16)43-30(47)46-28-23(9-11-32(28,36)37)27(44-46)33(38,39)40;1-2/h3-7,12-13,15,24,48H,9,11,14H2,1-2H3,(H2,41,45)(H,43,47);1-2H3. The zero-order valence-corrected chi connectivity index (χ0v) is 27.6. The van der Waals surface area contributed by atoms with Crippen molar-refractivity contribution in [1.29, 1.82) is 0 Å². The Balaban J connectivity index is 0.00000248. The van der Waals surface area contributed by atoms with Gasteiger partial charge in [-0.05, 0) is 68.5 Å². The van der Waals surface area contributed by atoms with E-state index in [0.717, 1.165) is 12.1 Å². The van der Waals surface area contributed by atoms with Gasteiger partial charge in [0.05, 0.1) is 17.1 Å². The Kier molecular flexibility index (Phi) is 9.90. The van der Waals surface area contributed by atoms with Crippen LogP contribution in [0.2, 0.25) is 0 Å². The molecule has 51 heavy (non-hydrogen) atoms. The molecule has 268 valence electrons. The molecule has 4 N–H and O–H groups in total. The molecular formula is C35H31F7N6O3. The maximum atomic E-state index is 15.0. The number of nitrogens with two attached hydrogens (primary N) is 1. The Hall–Kier alpha value is -5.43. The summed E-state index contributed by atoms with van der Waals surface area (Å²) in [5, 5.41) is 20.0. The molecule has 0 bridgehead atoms. The van der Waals surface area contributed by atoms with Crippen molar-refractivity contribution < 1.29 is 45.2 Å². The third-order valence-corrected chi connectivity index (χ3v) is 7.71. The van der Waals surface area contributed by atoms with Gasteiger partial charge in [-0.1, -0.05) is 37.1 Å². The lowest BCUT2D eigenvalue weighted by Gasteiger charge is -2.23. The fraction of sp³-hybridized carbons (Fsp3) is 0.314. The Bertz CT molecular complexity index is 2150. The fourth-order valence-electron chi connectivity index (χ4n) is 5.68. The third kappa shape index (κ3) is 7.68. The molecule has 0 spiro atoms. The van der Waals surface area contributed by atoms with E-state index in [4.69, 9.17) is 10.3 Å². The van der Waals surface area contributed by atoms with E-state index >= 15 is 0 Å². The number of carbonyl (C=O) groups excluding carboxylic acids is 1. The fourth-order valence-corrected chi connectivity index (χ4v) is 5.68. The number of anilines is 1. The van der Waals surface area contributed by atoms with Crippen LogP contribution in [0.3, 0.4) is 0 Å². The van der Waals surface area contributed by atoms with Crippen molar-refractivity contribution >= 4 is 22.8 Å². The Labute approximate surface area is 286 Å². The zero-order valence-electron chi connectivity index (χ0n) is 27.6. The number of pyridine rings is 1. The van der Waals surface area contributed by atoms with Crippen LogP contribution in [0.5, 0.6) is 0 Å². The van der Waals surface area contributed by atoms with Gasteiger partial charge in [0, 0.05) is 29.2 Å². The minimum Gasteiger partial charge on any atom is -0.380 e. The van der Waals surface area contributed by atoms with Crippen LogP contribution in [-0.2, 0) is 24.9 Å². The van der Waals surface area contributed by atoms with Gasteiger partial charge in [0.2, 0.25) is 0 Å². The van der Waals surface area contributed by atoms with Crippen LogP contribution in [0.15, 0.2) is 53.1 Å². The van der Waals surface area contributed by atoms with Gasteiger partial charge in [0.15, 0.2) is 17.1 Å². The average Bonchev–Trinajstić information content (AvgIpc) is 3.73. The van der Waals surface area contributed by atoms with Crippen molar-refractivity contribution in [3.63, 3.8) is 0 Å². The highest BCUT2D eigenvalue weighted by molar-refractivity contribution is 5.98. The maximum Gasteiger partial charge on any atom is 0.435 e. The average molecular weight is 717 g/mol. The number of amides is 1. The molecule has 0 saturated carbocycles. The third-order valence-electron chi connectivity index (χ3n) is 7.71. The Morgan fingerprint density at radius 2 is 1.78 bits per heavy atom. The summed E-state index contributed by atoms with van der Waals surface area (Å²) in [5.41, 5.74) is 1.51. The van der Waals surface area contributed by atoms with Crippen molar-refractivity contribution in [3.8, 4) is 23.0 Å². The van der Waals surface area contributed by atoms with Crippen molar-refractivity contribution in [3.05, 3.63) is 94.1 Å². The van der Waals surface area contributed by atoms with E-state index in [1.807, 2.05) is 13.8 Å². The van der Waals surface area contributed by atoms with E-state index in [-0.39, 0.29) is 38.6 Å². The van der Waals surface area contributed by atoms with E-state index in [1.54, 1.807) is 18.2 Å². The number of aliphatic hydroxyl groups is 1. The van der Waals surface area contributed by atoms with E-state index in [2.05, 4.69) is 32.4 Å². The molecule has 5 aromatic rings. The molecule has 1 aliphatic rings. The van der Waals surface area contributed by atoms with Crippen molar-refractivity contribution in [2.45, 2.75) is 70.7 Å². The molecule has 1 unspecified atom stereocenters. The second-order valence-corrected chi connectivity index (χ2v) is 12.0. The summed E-state index contributed by atoms with van der Waals surface area (Å²) in [6.45, 7) is 6.83. The summed E-state index contributed by atoms with van der Waals surface area (Å²) in [5.74, 6) is -0.434. The Morgan fingerprint density at radius 3 is 2.43 bits per heavy atom. The van der Waals surface area contributed by atoms with Crippen LogP contribution < -0.4 is 11.1 Å². The van der Waals surface area contributed by atoms with Crippen molar-refractivity contribution in [2.75, 3.05) is 5.73 Å². The van der Waals surface area contributed by atoms with Gasteiger partial charge >= 0.3 is 12.2 Å². The summed E-state index contributed by atoms with van der Waals surface area (Å²) in [6.07, 6.45) is -7.23. The number of rotatable bonds is 5. The predicted molar refractivity (Wildman–Crippen MR) is 172 cm³/mol. The number of alkyl halides is 5. The predicted octanol–water partition coefficient (Wildman–Crippen LogP) is 7.69. The van der Waals surface area contributed by atoms with Crippen LogP contribution >= 0.6 is 0 Å². The van der Waals surface area contributed by atoms with Crippen molar-refractivity contribution in [1.82, 2.24) is 25.2 Å². The largest absolute Gasteiger partial charge is 0.435 e. The minimum absolute atomic E-state index is 0.0280. The number of nitrogen functional groups attached to an aromatic ring is 1. The zero-order chi connectivity index (χ0) is 37.5. The van der Waals surface area contributed by atoms with Gasteiger partial charge in [-0.15, -0.1) is 0 Å². The van der Waals surface area contributed by atoms with Gasteiger partial charge in [-0.25, -0.2) is 18.6 Å². The van der Waals surface area contributed by atoms with Crippen molar-refractivity contribution in [2.24, 2.45) is 0 Å². The summed E-state index contributed by atoms with van der Waals surface area (Å²) >= 11 is 0. The molecule has 2 aromatic carbocycles. The molecule has 3 heterocycles. The molecule has 0 aliphatic heterocycles. The smallest absolute Gasteiger partial charge is 0.380 e. The van der Waals surface area contributed by atoms with E-state index in [1.165, 1.54) is 26.0 Å². The molecule has 1 amide bonds. The van der Waals surface area contributed by atoms with Crippen LogP contribution in [-0.4, -0.2) is 36.7 Å². The number of benzene rings is 2. The van der Waals surface area contributed by atoms with Gasteiger partial charge < -0.3 is 20.7 Å². The second kappa shape index (κ2) is 13.7. The lowest BCUT2D eigenvalue weighted by atomic mass is 9.94. The first-order valence-electron chi connectivity index (χ1n) is 15.7. The first-order valence-corrected chi connectivity index (χ1v) is 15.7. The number of halogens is 7. The van der Waals surface area contributed by atoms with Crippen LogP contribution in [0.25, 0.3) is 22.1 Å². The molecule has 0 fully saturated rings. The summed E-state index contributed by atoms with van der Waals surface area (Å²) in [7, 11) is 0. The van der Waals surface area contributed by atoms with E-state index in [0.29, 0.717) is 17.0 Å². The lowest BCUT2D eigenvalue weighted by Crippen LogP contribution is -2.37. The van der Waals surface area contributed by atoms with Gasteiger partial charge in [-0.3, -0.25) is 0 Å². The highest BCUT2D eigenvalue weighted by Gasteiger charge is 2.51. The van der Waals surface area contributed by atoms with Crippen LogP contribution in [0, 0.1) is 23.5 Å². The number of carbonyl (C=O) groups is 1. The van der Waals surface area contributed by atoms with Crippen LogP contribution in [0.4, 0.5) is 41.3 Å². The second-order valence-electron chi connectivity index (χ2n) is 12.0. The first-order chi connectivity index (χ1) is 23.9. The number of para-hydroxylation sites is 1. The number of hydrogen-bond acceptors (Lipinski definition) is 7. The molecule has 1 aliphatic carbocycles. The number of fused-ring (bicyclic) bond motifs is 2. The normalized spacial score (nSPS) is 14.3. The monoisotopic (exact) mass is 716 g/mol. The number of nitrogens with one attached hydrogen (secondary N) is 1. The van der Waals surface area contributed by atoms with Gasteiger partial charge in [0.1, 0.15) is 28.6 Å². The van der Waals surface area contributed by atoms with Crippen LogP contribution in [0.1, 0.15) is 74.1 Å².